The molecule has 1 amide bonds. The van der Waals surface area contributed by atoms with Crippen LogP contribution in [0.2, 0.25) is 0 Å². The van der Waals surface area contributed by atoms with Crippen LogP contribution in [-0.4, -0.2) is 68.2 Å². The Kier molecular flexibility index (Phi) is 7.23. The third-order valence-corrected chi connectivity index (χ3v) is 7.09. The molecule has 1 fully saturated rings. The summed E-state index contributed by atoms with van der Waals surface area (Å²) in [6.45, 7) is 4.88. The van der Waals surface area contributed by atoms with E-state index < -0.39 is 6.67 Å². The topological polar surface area (TPSA) is 79.5 Å². The Labute approximate surface area is 216 Å². The van der Waals surface area contributed by atoms with Crippen LogP contribution in [0.4, 0.5) is 10.1 Å². The third-order valence-electron chi connectivity index (χ3n) is 7.09. The van der Waals surface area contributed by atoms with Gasteiger partial charge in [-0.25, -0.2) is 18.9 Å². The molecule has 8 nitrogen and oxygen atoms in total. The minimum atomic E-state index is -0.401. The first-order chi connectivity index (χ1) is 17.9. The molecule has 4 aromatic heterocycles. The van der Waals surface area contributed by atoms with Crippen LogP contribution in [0.3, 0.4) is 0 Å². The number of piperidine rings is 1. The summed E-state index contributed by atoms with van der Waals surface area (Å²) < 4.78 is 14.6. The van der Waals surface area contributed by atoms with E-state index in [1.165, 1.54) is 5.56 Å². The van der Waals surface area contributed by atoms with Gasteiger partial charge in [-0.05, 0) is 49.7 Å². The van der Waals surface area contributed by atoms with Gasteiger partial charge in [0.1, 0.15) is 12.5 Å². The van der Waals surface area contributed by atoms with Crippen molar-refractivity contribution in [3.63, 3.8) is 0 Å². The zero-order chi connectivity index (χ0) is 25.9. The van der Waals surface area contributed by atoms with Gasteiger partial charge in [0.2, 0.25) is 5.91 Å². The second-order valence-corrected chi connectivity index (χ2v) is 9.90. The second-order valence-electron chi connectivity index (χ2n) is 9.90. The molecule has 1 unspecified atom stereocenters. The van der Waals surface area contributed by atoms with Gasteiger partial charge in [0.25, 0.3) is 0 Å². The molecule has 1 aliphatic rings. The number of hydrogen-bond acceptors (Lipinski definition) is 6. The van der Waals surface area contributed by atoms with Crippen molar-refractivity contribution in [1.29, 1.82) is 0 Å². The van der Waals surface area contributed by atoms with E-state index in [-0.39, 0.29) is 11.9 Å². The summed E-state index contributed by atoms with van der Waals surface area (Å²) in [6, 6.07) is 9.99. The number of amides is 1. The molecule has 1 saturated heterocycles. The molecule has 192 valence electrons. The van der Waals surface area contributed by atoms with E-state index >= 15 is 0 Å². The predicted octanol–water partition coefficient (Wildman–Crippen LogP) is 4.30. The normalized spacial score (nSPS) is 16.3. The lowest BCUT2D eigenvalue weighted by atomic mass is 10.0. The lowest BCUT2D eigenvalue weighted by Crippen LogP contribution is -2.47. The van der Waals surface area contributed by atoms with Crippen molar-refractivity contribution >= 4 is 17.1 Å². The van der Waals surface area contributed by atoms with Gasteiger partial charge in [-0.3, -0.25) is 9.78 Å². The van der Waals surface area contributed by atoms with Crippen molar-refractivity contribution in [1.82, 2.24) is 29.5 Å². The van der Waals surface area contributed by atoms with Gasteiger partial charge >= 0.3 is 0 Å². The van der Waals surface area contributed by atoms with Crippen LogP contribution < -0.4 is 4.90 Å². The van der Waals surface area contributed by atoms with E-state index in [2.05, 4.69) is 35.0 Å². The fourth-order valence-corrected chi connectivity index (χ4v) is 4.87. The molecule has 37 heavy (non-hydrogen) atoms. The Bertz CT molecular complexity index is 1390. The third kappa shape index (κ3) is 5.36. The summed E-state index contributed by atoms with van der Waals surface area (Å²) in [5.74, 6) is 1.11. The molecular formula is C28H32FN7O. The first-order valence-electron chi connectivity index (χ1n) is 12.7. The Morgan fingerprint density at radius 2 is 2.03 bits per heavy atom. The minimum absolute atomic E-state index is 0.0447. The van der Waals surface area contributed by atoms with E-state index in [1.54, 1.807) is 17.3 Å². The van der Waals surface area contributed by atoms with Crippen molar-refractivity contribution in [3.05, 3.63) is 72.2 Å². The molecular weight excluding hydrogens is 469 g/mol. The summed E-state index contributed by atoms with van der Waals surface area (Å²) >= 11 is 0. The number of hydrogen-bond donors (Lipinski definition) is 0. The highest BCUT2D eigenvalue weighted by Gasteiger charge is 2.29. The summed E-state index contributed by atoms with van der Waals surface area (Å²) in [5, 5.41) is 4.45. The largest absolute Gasteiger partial charge is 0.311 e. The quantitative estimate of drug-likeness (QED) is 0.358. The van der Waals surface area contributed by atoms with E-state index in [9.17, 15) is 9.18 Å². The van der Waals surface area contributed by atoms with Crippen LogP contribution in [0.25, 0.3) is 16.8 Å². The summed E-state index contributed by atoms with van der Waals surface area (Å²) in [6.07, 6.45) is 9.09. The molecule has 0 aliphatic carbocycles. The Morgan fingerprint density at radius 1 is 1.16 bits per heavy atom. The molecule has 1 aliphatic heterocycles. The molecule has 4 aromatic rings. The Morgan fingerprint density at radius 3 is 2.76 bits per heavy atom. The standard InChI is InChI=1S/C28H32FN7O/c1-19(2)24-18-32-36-12-7-20(14-26(24)36)25-6-10-30-27(33-25)15-21-4-5-23(17-31-21)35-11-8-22(16-28(35)37)34(3)13-9-29/h4-7,10,12,14,17-19,22H,8-9,11,13,15-16H2,1-3H3. The number of pyridine rings is 2. The Hall–Kier alpha value is -3.72. The fourth-order valence-electron chi connectivity index (χ4n) is 4.87. The highest BCUT2D eigenvalue weighted by molar-refractivity contribution is 5.94. The maximum atomic E-state index is 12.7. The average Bonchev–Trinajstić information content (AvgIpc) is 3.33. The molecule has 0 radical (unpaired) electrons. The second kappa shape index (κ2) is 10.7. The molecule has 0 N–H and O–H groups in total. The Balaban J connectivity index is 1.28. The molecule has 5 rings (SSSR count). The zero-order valence-electron chi connectivity index (χ0n) is 21.5. The highest BCUT2D eigenvalue weighted by Crippen LogP contribution is 2.26. The van der Waals surface area contributed by atoms with Gasteiger partial charge in [0.15, 0.2) is 0 Å². The molecule has 1 atom stereocenters. The van der Waals surface area contributed by atoms with Crippen LogP contribution in [0, 0.1) is 0 Å². The number of aromatic nitrogens is 5. The highest BCUT2D eigenvalue weighted by atomic mass is 19.1. The number of carbonyl (C=O) groups excluding carboxylic acids is 1. The molecule has 0 saturated carbocycles. The van der Waals surface area contributed by atoms with E-state index in [4.69, 9.17) is 4.98 Å². The first kappa shape index (κ1) is 25.0. The molecule has 9 heteroatoms. The van der Waals surface area contributed by atoms with Crippen LogP contribution in [0.5, 0.6) is 0 Å². The molecule has 5 heterocycles. The monoisotopic (exact) mass is 501 g/mol. The average molecular weight is 502 g/mol. The SMILES string of the molecule is CC(C)c1cnn2ccc(-c3ccnc(Cc4ccc(N5CCC(N(C)CCF)CC5=O)cn4)n3)cc12. The number of halogens is 1. The lowest BCUT2D eigenvalue weighted by molar-refractivity contribution is -0.121. The van der Waals surface area contributed by atoms with E-state index in [0.717, 1.165) is 34.6 Å². The van der Waals surface area contributed by atoms with E-state index in [1.807, 2.05) is 53.1 Å². The lowest BCUT2D eigenvalue weighted by Gasteiger charge is -2.35. The number of alkyl halides is 1. The molecule has 0 bridgehead atoms. The van der Waals surface area contributed by atoms with Crippen molar-refractivity contribution < 1.29 is 9.18 Å². The fraction of sp³-hybridized carbons (Fsp3) is 0.393. The summed E-state index contributed by atoms with van der Waals surface area (Å²) in [4.78, 5) is 30.3. The number of anilines is 1. The van der Waals surface area contributed by atoms with Crippen molar-refractivity contribution in [3.8, 4) is 11.3 Å². The minimum Gasteiger partial charge on any atom is -0.311 e. The van der Waals surface area contributed by atoms with Crippen LogP contribution >= 0.6 is 0 Å². The van der Waals surface area contributed by atoms with Crippen LogP contribution in [-0.2, 0) is 11.2 Å². The molecule has 0 spiro atoms. The van der Waals surface area contributed by atoms with Gasteiger partial charge in [0.05, 0.1) is 35.7 Å². The van der Waals surface area contributed by atoms with Gasteiger partial charge in [-0.15, -0.1) is 0 Å². The van der Waals surface area contributed by atoms with Crippen molar-refractivity contribution in [2.75, 3.05) is 31.7 Å². The first-order valence-corrected chi connectivity index (χ1v) is 12.7. The predicted molar refractivity (Wildman–Crippen MR) is 141 cm³/mol. The van der Waals surface area contributed by atoms with E-state index in [0.29, 0.717) is 37.7 Å². The smallest absolute Gasteiger partial charge is 0.228 e. The maximum Gasteiger partial charge on any atom is 0.228 e. The van der Waals surface area contributed by atoms with Crippen molar-refractivity contribution in [2.24, 2.45) is 0 Å². The summed E-state index contributed by atoms with van der Waals surface area (Å²) in [7, 11) is 1.87. The number of fused-ring (bicyclic) bond motifs is 1. The van der Waals surface area contributed by atoms with Crippen LogP contribution in [0.15, 0.2) is 55.1 Å². The van der Waals surface area contributed by atoms with Gasteiger partial charge < -0.3 is 9.80 Å². The van der Waals surface area contributed by atoms with Crippen molar-refractivity contribution in [2.45, 2.75) is 45.1 Å². The summed E-state index contributed by atoms with van der Waals surface area (Å²) in [5.41, 5.74) is 5.77. The van der Waals surface area contributed by atoms with Gasteiger partial charge in [-0.1, -0.05) is 13.8 Å². The maximum absolute atomic E-state index is 12.7. The number of carbonyl (C=O) groups is 1. The number of nitrogens with zero attached hydrogens (tertiary/aromatic N) is 7. The van der Waals surface area contributed by atoms with Gasteiger partial charge in [0, 0.05) is 54.8 Å². The number of rotatable bonds is 8. The van der Waals surface area contributed by atoms with Crippen LogP contribution in [0.1, 0.15) is 49.7 Å². The van der Waals surface area contributed by atoms with Gasteiger partial charge in [-0.2, -0.15) is 5.10 Å². The molecule has 0 aromatic carbocycles. The zero-order valence-corrected chi connectivity index (χ0v) is 21.5.